The molecule has 9 nitrogen and oxygen atoms in total. The average Bonchev–Trinajstić information content (AvgIpc) is 3.35. The zero-order chi connectivity index (χ0) is 24.9. The fraction of sp³-hybridized carbons (Fsp3) is 0.0741. The Hall–Kier alpha value is -5.05. The molecule has 0 radical (unpaired) electrons. The van der Waals surface area contributed by atoms with Gasteiger partial charge in [-0.3, -0.25) is 9.78 Å². The van der Waals surface area contributed by atoms with E-state index in [0.29, 0.717) is 17.8 Å². The summed E-state index contributed by atoms with van der Waals surface area (Å²) < 4.78 is 1.60. The number of anilines is 2. The highest BCUT2D eigenvalue weighted by Gasteiger charge is 2.10. The van der Waals surface area contributed by atoms with E-state index in [9.17, 15) is 9.59 Å². The molecule has 0 aliphatic carbocycles. The minimum atomic E-state index is -0.979. The van der Waals surface area contributed by atoms with Gasteiger partial charge in [0.05, 0.1) is 30.4 Å². The number of para-hydroxylation sites is 1. The van der Waals surface area contributed by atoms with Crippen LogP contribution in [-0.4, -0.2) is 37.0 Å². The van der Waals surface area contributed by atoms with Crippen molar-refractivity contribution in [3.63, 3.8) is 0 Å². The zero-order valence-electron chi connectivity index (χ0n) is 19.1. The Bertz CT molecular complexity index is 1560. The van der Waals surface area contributed by atoms with Gasteiger partial charge >= 0.3 is 5.97 Å². The lowest BCUT2D eigenvalue weighted by atomic mass is 10.1. The van der Waals surface area contributed by atoms with E-state index in [0.717, 1.165) is 27.8 Å². The second kappa shape index (κ2) is 10.1. The van der Waals surface area contributed by atoms with E-state index in [1.807, 2.05) is 48.5 Å². The van der Waals surface area contributed by atoms with E-state index in [-0.39, 0.29) is 18.0 Å². The molecule has 2 aromatic heterocycles. The Morgan fingerprint density at radius 3 is 2.64 bits per heavy atom. The third-order valence-corrected chi connectivity index (χ3v) is 5.59. The van der Waals surface area contributed by atoms with E-state index in [4.69, 9.17) is 5.11 Å². The molecule has 178 valence electrons. The van der Waals surface area contributed by atoms with Crippen molar-refractivity contribution in [1.29, 1.82) is 0 Å². The first-order valence-electron chi connectivity index (χ1n) is 11.3. The SMILES string of the molecule is O=C(O)c1cccc(Cn2cc(CNC(=O)c3cccc(Nc4ccnc5ccccc45)c3)nn2)c1. The van der Waals surface area contributed by atoms with Gasteiger partial charge in [0.2, 0.25) is 0 Å². The highest BCUT2D eigenvalue weighted by Crippen LogP contribution is 2.25. The summed E-state index contributed by atoms with van der Waals surface area (Å²) in [5, 5.41) is 24.6. The predicted octanol–water partition coefficient (Wildman–Crippen LogP) is 4.25. The van der Waals surface area contributed by atoms with Crippen molar-refractivity contribution in [2.45, 2.75) is 13.1 Å². The van der Waals surface area contributed by atoms with Crippen molar-refractivity contribution in [3.8, 4) is 0 Å². The fourth-order valence-electron chi connectivity index (χ4n) is 3.86. The second-order valence-corrected chi connectivity index (χ2v) is 8.18. The number of amides is 1. The first-order valence-corrected chi connectivity index (χ1v) is 11.3. The van der Waals surface area contributed by atoms with Gasteiger partial charge < -0.3 is 15.7 Å². The minimum Gasteiger partial charge on any atom is -0.478 e. The molecule has 3 aromatic carbocycles. The summed E-state index contributed by atoms with van der Waals surface area (Å²) in [5.41, 5.74) is 4.69. The number of fused-ring (bicyclic) bond motifs is 1. The topological polar surface area (TPSA) is 122 Å². The lowest BCUT2D eigenvalue weighted by molar-refractivity contribution is 0.0696. The van der Waals surface area contributed by atoms with Crippen LogP contribution in [0.4, 0.5) is 11.4 Å². The standard InChI is InChI=1S/C27H22N6O3/c34-26(29-15-22-17-33(32-31-22)16-18-5-3-7-20(13-18)27(35)36)19-6-4-8-21(14-19)30-25-11-12-28-24-10-2-1-9-23(24)25/h1-14,17H,15-16H2,(H,28,30)(H,29,34)(H,35,36). The van der Waals surface area contributed by atoms with Gasteiger partial charge in [0.25, 0.3) is 5.91 Å². The van der Waals surface area contributed by atoms with Crippen LogP contribution in [0.15, 0.2) is 91.3 Å². The number of carbonyl (C=O) groups is 2. The summed E-state index contributed by atoms with van der Waals surface area (Å²) in [4.78, 5) is 28.3. The molecule has 0 aliphatic heterocycles. The Kier molecular flexibility index (Phi) is 6.35. The normalized spacial score (nSPS) is 10.8. The number of hydrogen-bond acceptors (Lipinski definition) is 6. The first kappa shape index (κ1) is 22.7. The molecule has 0 spiro atoms. The molecule has 0 fully saturated rings. The summed E-state index contributed by atoms with van der Waals surface area (Å²) in [6.07, 6.45) is 3.47. The quantitative estimate of drug-likeness (QED) is 0.305. The van der Waals surface area contributed by atoms with Crippen molar-refractivity contribution in [2.75, 3.05) is 5.32 Å². The highest BCUT2D eigenvalue weighted by atomic mass is 16.4. The molecule has 0 aliphatic rings. The number of benzene rings is 3. The molecule has 0 atom stereocenters. The number of nitrogens with one attached hydrogen (secondary N) is 2. The van der Waals surface area contributed by atoms with E-state index in [1.165, 1.54) is 6.07 Å². The molecule has 0 unspecified atom stereocenters. The lowest BCUT2D eigenvalue weighted by Crippen LogP contribution is -2.23. The minimum absolute atomic E-state index is 0.209. The number of carboxylic acids is 1. The zero-order valence-corrected chi connectivity index (χ0v) is 19.1. The van der Waals surface area contributed by atoms with Crippen LogP contribution >= 0.6 is 0 Å². The lowest BCUT2D eigenvalue weighted by Gasteiger charge is -2.11. The second-order valence-electron chi connectivity index (χ2n) is 8.18. The van der Waals surface area contributed by atoms with Crippen LogP contribution < -0.4 is 10.6 Å². The number of carbonyl (C=O) groups excluding carboxylic acids is 1. The average molecular weight is 479 g/mol. The van der Waals surface area contributed by atoms with Gasteiger partial charge in [0.1, 0.15) is 5.69 Å². The summed E-state index contributed by atoms with van der Waals surface area (Å²) in [6.45, 7) is 0.583. The highest BCUT2D eigenvalue weighted by molar-refractivity contribution is 5.96. The number of carboxylic acid groups (broad SMARTS) is 1. The Labute approximate surface area is 206 Å². The predicted molar refractivity (Wildman–Crippen MR) is 135 cm³/mol. The van der Waals surface area contributed by atoms with Gasteiger partial charge in [-0.25, -0.2) is 9.48 Å². The molecular weight excluding hydrogens is 456 g/mol. The van der Waals surface area contributed by atoms with Crippen molar-refractivity contribution in [2.24, 2.45) is 0 Å². The van der Waals surface area contributed by atoms with Crippen LogP contribution in [0, 0.1) is 0 Å². The molecule has 9 heteroatoms. The third-order valence-electron chi connectivity index (χ3n) is 5.59. The van der Waals surface area contributed by atoms with Crippen LogP contribution in [0.2, 0.25) is 0 Å². The largest absolute Gasteiger partial charge is 0.478 e. The monoisotopic (exact) mass is 478 g/mol. The van der Waals surface area contributed by atoms with Crippen LogP contribution in [0.3, 0.4) is 0 Å². The van der Waals surface area contributed by atoms with Gasteiger partial charge in [-0.2, -0.15) is 0 Å². The van der Waals surface area contributed by atoms with Crippen LogP contribution in [0.5, 0.6) is 0 Å². The molecule has 5 aromatic rings. The molecule has 3 N–H and O–H groups in total. The fourth-order valence-corrected chi connectivity index (χ4v) is 3.86. The van der Waals surface area contributed by atoms with Gasteiger partial charge in [-0.15, -0.1) is 5.10 Å². The van der Waals surface area contributed by atoms with Crippen molar-refractivity contribution in [1.82, 2.24) is 25.3 Å². The van der Waals surface area contributed by atoms with Crippen molar-refractivity contribution < 1.29 is 14.7 Å². The number of hydrogen-bond donors (Lipinski definition) is 3. The molecular formula is C27H22N6O3. The first-order chi connectivity index (χ1) is 17.5. The Balaban J connectivity index is 1.22. The maximum Gasteiger partial charge on any atom is 0.335 e. The molecule has 1 amide bonds. The Morgan fingerprint density at radius 1 is 0.917 bits per heavy atom. The van der Waals surface area contributed by atoms with Gasteiger partial charge in [0, 0.05) is 28.5 Å². The van der Waals surface area contributed by atoms with E-state index >= 15 is 0 Å². The molecule has 5 rings (SSSR count). The number of pyridine rings is 1. The molecule has 36 heavy (non-hydrogen) atoms. The molecule has 2 heterocycles. The number of nitrogens with zero attached hydrogens (tertiary/aromatic N) is 4. The van der Waals surface area contributed by atoms with Gasteiger partial charge in [-0.1, -0.05) is 41.6 Å². The van der Waals surface area contributed by atoms with Crippen molar-refractivity contribution >= 4 is 34.2 Å². The molecule has 0 saturated carbocycles. The van der Waals surface area contributed by atoms with E-state index in [1.54, 1.807) is 41.3 Å². The van der Waals surface area contributed by atoms with Gasteiger partial charge in [-0.05, 0) is 48.0 Å². The third kappa shape index (κ3) is 5.20. The molecule has 0 saturated heterocycles. The molecule has 0 bridgehead atoms. The summed E-state index contributed by atoms with van der Waals surface area (Å²) >= 11 is 0. The summed E-state index contributed by atoms with van der Waals surface area (Å²) in [5.74, 6) is -1.21. The van der Waals surface area contributed by atoms with Crippen LogP contribution in [0.25, 0.3) is 10.9 Å². The maximum atomic E-state index is 12.8. The van der Waals surface area contributed by atoms with Crippen LogP contribution in [0.1, 0.15) is 32.0 Å². The van der Waals surface area contributed by atoms with E-state index in [2.05, 4.69) is 25.9 Å². The Morgan fingerprint density at radius 2 is 1.75 bits per heavy atom. The summed E-state index contributed by atoms with van der Waals surface area (Å²) in [6, 6.07) is 23.7. The number of aromatic nitrogens is 4. The van der Waals surface area contributed by atoms with E-state index < -0.39 is 5.97 Å². The van der Waals surface area contributed by atoms with Gasteiger partial charge in [0.15, 0.2) is 0 Å². The number of aromatic carboxylic acids is 1. The van der Waals surface area contributed by atoms with Crippen LogP contribution in [-0.2, 0) is 13.1 Å². The summed E-state index contributed by atoms with van der Waals surface area (Å²) in [7, 11) is 0. The number of rotatable bonds is 8. The van der Waals surface area contributed by atoms with Crippen molar-refractivity contribution in [3.05, 3.63) is 114 Å². The smallest absolute Gasteiger partial charge is 0.335 e. The maximum absolute atomic E-state index is 12.8.